The lowest BCUT2D eigenvalue weighted by Gasteiger charge is -2.11. The largest absolute Gasteiger partial charge is 0.360 e. The number of carbonyl (C=O) groups is 1. The zero-order chi connectivity index (χ0) is 13.4. The van der Waals surface area contributed by atoms with Crippen LogP contribution >= 0.6 is 23.1 Å². The van der Waals surface area contributed by atoms with Crippen molar-refractivity contribution in [3.63, 3.8) is 0 Å². The van der Waals surface area contributed by atoms with Gasteiger partial charge in [-0.1, -0.05) is 18.3 Å². The zero-order valence-electron chi connectivity index (χ0n) is 11.0. The topological polar surface area (TPSA) is 66.9 Å². The second kappa shape index (κ2) is 8.31. The third kappa shape index (κ3) is 5.22. The Balaban J connectivity index is 2.38. The summed E-state index contributed by atoms with van der Waals surface area (Å²) in [6, 6.07) is 0.169. The van der Waals surface area contributed by atoms with E-state index in [9.17, 15) is 4.79 Å². The third-order valence-electron chi connectivity index (χ3n) is 2.22. The lowest BCUT2D eigenvalue weighted by atomic mass is 10.2. The second-order valence-corrected chi connectivity index (χ2v) is 6.17. The minimum atomic E-state index is -0.134. The fourth-order valence-corrected chi connectivity index (χ4v) is 2.82. The van der Waals surface area contributed by atoms with Gasteiger partial charge in [-0.2, -0.15) is 11.8 Å². The maximum absolute atomic E-state index is 11.9. The van der Waals surface area contributed by atoms with E-state index in [0.717, 1.165) is 24.5 Å². The number of thioether (sulfide) groups is 1. The first-order valence-electron chi connectivity index (χ1n) is 6.13. The van der Waals surface area contributed by atoms with E-state index in [1.807, 2.05) is 25.6 Å². The molecular formula is C11H20N4OS2. The summed E-state index contributed by atoms with van der Waals surface area (Å²) >= 11 is 3.17. The van der Waals surface area contributed by atoms with E-state index in [1.54, 1.807) is 0 Å². The molecule has 0 aliphatic carbocycles. The Morgan fingerprint density at radius 2 is 2.22 bits per heavy atom. The molecule has 1 amide bonds. The Hall–Kier alpha value is -0.820. The highest BCUT2D eigenvalue weighted by Gasteiger charge is 2.14. The summed E-state index contributed by atoms with van der Waals surface area (Å²) in [6.45, 7) is 6.91. The molecule has 0 saturated carbocycles. The molecule has 0 fully saturated rings. The molecule has 1 heterocycles. The lowest BCUT2D eigenvalue weighted by Crippen LogP contribution is -2.32. The van der Waals surface area contributed by atoms with Crippen LogP contribution in [-0.4, -0.2) is 40.2 Å². The third-order valence-corrected chi connectivity index (χ3v) is 4.04. The highest BCUT2D eigenvalue weighted by molar-refractivity contribution is 7.99. The Kier molecular flexibility index (Phi) is 7.04. The predicted molar refractivity (Wildman–Crippen MR) is 78.6 cm³/mol. The number of hydrogen-bond acceptors (Lipinski definition) is 6. The lowest BCUT2D eigenvalue weighted by molar-refractivity contribution is 0.0938. The Bertz CT molecular complexity index is 370. The van der Waals surface area contributed by atoms with Gasteiger partial charge in [-0.05, 0) is 31.8 Å². The minimum absolute atomic E-state index is 0.134. The van der Waals surface area contributed by atoms with Gasteiger partial charge in [0.1, 0.15) is 0 Å². The Morgan fingerprint density at radius 3 is 2.89 bits per heavy atom. The number of nitrogens with one attached hydrogen (secondary N) is 2. The molecule has 0 bridgehead atoms. The van der Waals surface area contributed by atoms with E-state index < -0.39 is 0 Å². The van der Waals surface area contributed by atoms with Crippen molar-refractivity contribution in [2.45, 2.75) is 33.2 Å². The van der Waals surface area contributed by atoms with E-state index >= 15 is 0 Å². The number of rotatable bonds is 8. The van der Waals surface area contributed by atoms with Crippen molar-refractivity contribution in [1.82, 2.24) is 15.5 Å². The zero-order valence-corrected chi connectivity index (χ0v) is 12.7. The van der Waals surface area contributed by atoms with Crippen molar-refractivity contribution in [1.29, 1.82) is 0 Å². The van der Waals surface area contributed by atoms with Gasteiger partial charge in [-0.15, -0.1) is 10.2 Å². The molecule has 0 aliphatic heterocycles. The van der Waals surface area contributed by atoms with Crippen molar-refractivity contribution >= 4 is 34.1 Å². The molecule has 5 nitrogen and oxygen atoms in total. The highest BCUT2D eigenvalue weighted by atomic mass is 32.2. The first kappa shape index (κ1) is 15.2. The van der Waals surface area contributed by atoms with E-state index in [1.165, 1.54) is 11.3 Å². The normalized spacial score (nSPS) is 12.2. The smallest absolute Gasteiger partial charge is 0.282 e. The van der Waals surface area contributed by atoms with Gasteiger partial charge in [0, 0.05) is 12.6 Å². The van der Waals surface area contributed by atoms with Crippen LogP contribution in [-0.2, 0) is 0 Å². The van der Waals surface area contributed by atoms with E-state index in [4.69, 9.17) is 0 Å². The van der Waals surface area contributed by atoms with Crippen LogP contribution in [0.2, 0.25) is 0 Å². The number of hydrogen-bond donors (Lipinski definition) is 2. The number of anilines is 1. The summed E-state index contributed by atoms with van der Waals surface area (Å²) < 4.78 is 0. The van der Waals surface area contributed by atoms with Crippen molar-refractivity contribution in [3.05, 3.63) is 5.01 Å². The average molecular weight is 288 g/mol. The van der Waals surface area contributed by atoms with Crippen LogP contribution in [0.25, 0.3) is 0 Å². The molecule has 0 saturated heterocycles. The van der Waals surface area contributed by atoms with Crippen LogP contribution in [0.5, 0.6) is 0 Å². The SMILES string of the molecule is CCNc1nnc(C(=O)NC(C)CCSCC)s1. The molecule has 1 atom stereocenters. The van der Waals surface area contributed by atoms with Crippen molar-refractivity contribution in [2.75, 3.05) is 23.4 Å². The van der Waals surface area contributed by atoms with E-state index in [2.05, 4.69) is 27.8 Å². The van der Waals surface area contributed by atoms with Crippen LogP contribution < -0.4 is 10.6 Å². The van der Waals surface area contributed by atoms with Gasteiger partial charge in [0.2, 0.25) is 10.1 Å². The van der Waals surface area contributed by atoms with Gasteiger partial charge in [0.15, 0.2) is 0 Å². The molecule has 102 valence electrons. The molecule has 0 spiro atoms. The fourth-order valence-electron chi connectivity index (χ4n) is 1.30. The molecule has 1 aromatic heterocycles. The first-order chi connectivity index (χ1) is 8.67. The summed E-state index contributed by atoms with van der Waals surface area (Å²) in [7, 11) is 0. The minimum Gasteiger partial charge on any atom is -0.360 e. The summed E-state index contributed by atoms with van der Waals surface area (Å²) in [5, 5.41) is 14.9. The molecule has 18 heavy (non-hydrogen) atoms. The van der Waals surface area contributed by atoms with E-state index in [0.29, 0.717) is 10.1 Å². The van der Waals surface area contributed by atoms with Crippen molar-refractivity contribution in [2.24, 2.45) is 0 Å². The highest BCUT2D eigenvalue weighted by Crippen LogP contribution is 2.15. The standard InChI is InChI=1S/C11H20N4OS2/c1-4-12-11-15-14-10(18-11)9(16)13-8(3)6-7-17-5-2/h8H,4-7H2,1-3H3,(H,12,15)(H,13,16). The van der Waals surface area contributed by atoms with Gasteiger partial charge in [0.25, 0.3) is 5.91 Å². The fraction of sp³-hybridized carbons (Fsp3) is 0.727. The van der Waals surface area contributed by atoms with Crippen molar-refractivity contribution in [3.8, 4) is 0 Å². The Labute approximate surface area is 116 Å². The number of nitrogens with zero attached hydrogens (tertiary/aromatic N) is 2. The molecular weight excluding hydrogens is 268 g/mol. The number of amides is 1. The van der Waals surface area contributed by atoms with E-state index in [-0.39, 0.29) is 11.9 Å². The monoisotopic (exact) mass is 288 g/mol. The van der Waals surface area contributed by atoms with Crippen molar-refractivity contribution < 1.29 is 4.79 Å². The summed E-state index contributed by atoms with van der Waals surface area (Å²) in [5.41, 5.74) is 0. The van der Waals surface area contributed by atoms with Crippen LogP contribution in [0.15, 0.2) is 0 Å². The van der Waals surface area contributed by atoms with Crippen LogP contribution in [0.1, 0.15) is 37.0 Å². The molecule has 1 aromatic rings. The molecule has 0 radical (unpaired) electrons. The molecule has 0 aliphatic rings. The van der Waals surface area contributed by atoms with Gasteiger partial charge in [-0.25, -0.2) is 0 Å². The molecule has 2 N–H and O–H groups in total. The maximum Gasteiger partial charge on any atom is 0.282 e. The number of carbonyl (C=O) groups excluding carboxylic acids is 1. The first-order valence-corrected chi connectivity index (χ1v) is 8.10. The average Bonchev–Trinajstić information content (AvgIpc) is 2.78. The molecule has 0 aromatic carbocycles. The summed E-state index contributed by atoms with van der Waals surface area (Å²) in [4.78, 5) is 11.9. The molecule has 7 heteroatoms. The molecule has 1 rings (SSSR count). The number of aromatic nitrogens is 2. The van der Waals surface area contributed by atoms with Gasteiger partial charge in [-0.3, -0.25) is 4.79 Å². The van der Waals surface area contributed by atoms with Crippen LogP contribution in [0.3, 0.4) is 0 Å². The predicted octanol–water partition coefficient (Wildman–Crippen LogP) is 2.23. The van der Waals surface area contributed by atoms with Gasteiger partial charge >= 0.3 is 0 Å². The van der Waals surface area contributed by atoms with Gasteiger partial charge < -0.3 is 10.6 Å². The van der Waals surface area contributed by atoms with Gasteiger partial charge in [0.05, 0.1) is 0 Å². The summed E-state index contributed by atoms with van der Waals surface area (Å²) in [5.74, 6) is 2.05. The maximum atomic E-state index is 11.9. The molecule has 1 unspecified atom stereocenters. The summed E-state index contributed by atoms with van der Waals surface area (Å²) in [6.07, 6.45) is 0.975. The van der Waals surface area contributed by atoms with Crippen LogP contribution in [0, 0.1) is 0 Å². The quantitative estimate of drug-likeness (QED) is 0.718. The second-order valence-electron chi connectivity index (χ2n) is 3.80. The van der Waals surface area contributed by atoms with Crippen LogP contribution in [0.4, 0.5) is 5.13 Å². The Morgan fingerprint density at radius 1 is 1.44 bits per heavy atom.